The summed E-state index contributed by atoms with van der Waals surface area (Å²) < 4.78 is 31.4. The summed E-state index contributed by atoms with van der Waals surface area (Å²) >= 11 is 11.6. The minimum absolute atomic E-state index is 0.103. The predicted molar refractivity (Wildman–Crippen MR) is 79.3 cm³/mol. The highest BCUT2D eigenvalue weighted by Crippen LogP contribution is 2.23. The number of nitrogens with zero attached hydrogens (tertiary/aromatic N) is 1. The smallest absolute Gasteiger partial charge is 0.266 e. The molecule has 116 valence electrons. The van der Waals surface area contributed by atoms with Crippen LogP contribution in [0.1, 0.15) is 6.92 Å². The van der Waals surface area contributed by atoms with Gasteiger partial charge in [-0.3, -0.25) is 4.79 Å². The Morgan fingerprint density at radius 3 is 2.68 bits per heavy atom. The zero-order valence-electron chi connectivity index (χ0n) is 11.2. The lowest BCUT2D eigenvalue weighted by Crippen LogP contribution is -2.30. The van der Waals surface area contributed by atoms with Crippen LogP contribution in [0.3, 0.4) is 0 Å². The normalized spacial score (nSPS) is 11.9. The Morgan fingerprint density at radius 1 is 1.32 bits per heavy atom. The highest BCUT2D eigenvalue weighted by atomic mass is 35.5. The van der Waals surface area contributed by atoms with E-state index in [1.165, 1.54) is 19.2 Å². The van der Waals surface area contributed by atoms with Crippen LogP contribution in [-0.4, -0.2) is 17.0 Å². The van der Waals surface area contributed by atoms with Gasteiger partial charge in [0, 0.05) is 12.3 Å². The molecule has 1 atom stereocenters. The summed E-state index contributed by atoms with van der Waals surface area (Å²) in [5.74, 6) is -2.37. The summed E-state index contributed by atoms with van der Waals surface area (Å²) in [5.41, 5.74) is 0. The Morgan fingerprint density at radius 2 is 2.05 bits per heavy atom. The van der Waals surface area contributed by atoms with E-state index in [4.69, 9.17) is 27.9 Å². The molecule has 1 aromatic heterocycles. The molecular weight excluding hydrogens is 337 g/mol. The third kappa shape index (κ3) is 4.05. The molecule has 22 heavy (non-hydrogen) atoms. The second-order valence-electron chi connectivity index (χ2n) is 4.31. The van der Waals surface area contributed by atoms with Gasteiger partial charge in [-0.2, -0.15) is 0 Å². The minimum Gasteiger partial charge on any atom is -0.478 e. The van der Waals surface area contributed by atoms with Gasteiger partial charge in [-0.05, 0) is 25.1 Å². The minimum atomic E-state index is -1.05. The molecule has 0 aliphatic rings. The number of halogens is 4. The topological polar surface area (TPSA) is 51.2 Å². The van der Waals surface area contributed by atoms with Crippen molar-refractivity contribution in [2.45, 2.75) is 13.0 Å². The average molecular weight is 347 g/mol. The van der Waals surface area contributed by atoms with Gasteiger partial charge >= 0.3 is 0 Å². The molecule has 0 aliphatic carbocycles. The maximum atomic E-state index is 13.5. The Hall–Kier alpha value is -1.92. The fourth-order valence-electron chi connectivity index (χ4n) is 1.54. The second-order valence-corrected chi connectivity index (χ2v) is 5.15. The van der Waals surface area contributed by atoms with Crippen molar-refractivity contribution < 1.29 is 18.3 Å². The Labute approximate surface area is 135 Å². The molecule has 1 unspecified atom stereocenters. The number of carbonyl (C=O) groups is 1. The van der Waals surface area contributed by atoms with Crippen LogP contribution in [0.4, 0.5) is 14.6 Å². The van der Waals surface area contributed by atoms with Crippen LogP contribution in [0.15, 0.2) is 30.5 Å². The van der Waals surface area contributed by atoms with Gasteiger partial charge in [0.15, 0.2) is 23.5 Å². The molecule has 0 aliphatic heterocycles. The highest BCUT2D eigenvalue weighted by Gasteiger charge is 2.18. The van der Waals surface area contributed by atoms with Crippen LogP contribution in [0, 0.1) is 11.6 Å². The molecule has 0 fully saturated rings. The maximum Gasteiger partial charge on any atom is 0.266 e. The number of amides is 1. The van der Waals surface area contributed by atoms with Crippen LogP contribution >= 0.6 is 23.2 Å². The van der Waals surface area contributed by atoms with E-state index < -0.39 is 23.6 Å². The van der Waals surface area contributed by atoms with Crippen molar-refractivity contribution in [3.05, 3.63) is 52.1 Å². The van der Waals surface area contributed by atoms with Crippen molar-refractivity contribution in [1.82, 2.24) is 4.98 Å². The summed E-state index contributed by atoms with van der Waals surface area (Å²) in [5, 5.41) is 2.90. The summed E-state index contributed by atoms with van der Waals surface area (Å²) in [6.07, 6.45) is 0.266. The number of nitrogens with one attached hydrogen (secondary N) is 1. The molecule has 0 saturated carbocycles. The molecule has 0 saturated heterocycles. The third-order valence-corrected chi connectivity index (χ3v) is 3.11. The maximum absolute atomic E-state index is 13.5. The lowest BCUT2D eigenvalue weighted by molar-refractivity contribution is -0.122. The Balaban J connectivity index is 2.05. The fraction of sp³-hybridized carbons (Fsp3) is 0.143. The van der Waals surface area contributed by atoms with E-state index in [9.17, 15) is 13.6 Å². The molecule has 1 aromatic carbocycles. The molecule has 0 spiro atoms. The number of ether oxygens (including phenoxy) is 1. The first kappa shape index (κ1) is 16.5. The molecule has 2 rings (SSSR count). The molecule has 4 nitrogen and oxygen atoms in total. The number of benzene rings is 1. The standard InChI is InChI=1S/C14H10Cl2F2N2O2/c1-7(22-12-3-2-9(17)5-11(12)18)14(21)20-13-10(16)4-8(15)6-19-13/h2-7H,1H3,(H,19,20,21). The van der Waals surface area contributed by atoms with E-state index in [1.807, 2.05) is 0 Å². The number of carbonyl (C=O) groups excluding carboxylic acids is 1. The first-order valence-electron chi connectivity index (χ1n) is 6.10. The van der Waals surface area contributed by atoms with E-state index >= 15 is 0 Å². The molecule has 1 heterocycles. The molecule has 8 heteroatoms. The Kier molecular flexibility index (Phi) is 5.15. The van der Waals surface area contributed by atoms with Crippen molar-refractivity contribution in [3.8, 4) is 5.75 Å². The molecule has 1 amide bonds. The molecule has 0 bridgehead atoms. The SMILES string of the molecule is CC(Oc1ccc(F)cc1F)C(=O)Nc1ncc(Cl)cc1Cl. The van der Waals surface area contributed by atoms with Gasteiger partial charge in [0.25, 0.3) is 5.91 Å². The summed E-state index contributed by atoms with van der Waals surface area (Å²) in [6.45, 7) is 1.40. The lowest BCUT2D eigenvalue weighted by atomic mass is 10.3. The van der Waals surface area contributed by atoms with Gasteiger partial charge in [-0.25, -0.2) is 13.8 Å². The van der Waals surface area contributed by atoms with Crippen molar-refractivity contribution >= 4 is 34.9 Å². The number of aromatic nitrogens is 1. The molecule has 0 radical (unpaired) electrons. The number of pyridine rings is 1. The third-order valence-electron chi connectivity index (χ3n) is 2.62. The summed E-state index contributed by atoms with van der Waals surface area (Å²) in [4.78, 5) is 15.8. The largest absolute Gasteiger partial charge is 0.478 e. The van der Waals surface area contributed by atoms with Crippen LogP contribution < -0.4 is 10.1 Å². The van der Waals surface area contributed by atoms with E-state index in [2.05, 4.69) is 10.3 Å². The Bertz CT molecular complexity index is 713. The summed E-state index contributed by atoms with van der Waals surface area (Å²) in [7, 11) is 0. The van der Waals surface area contributed by atoms with Gasteiger partial charge in [-0.1, -0.05) is 23.2 Å². The molecule has 1 N–H and O–H groups in total. The fourth-order valence-corrected chi connectivity index (χ4v) is 1.97. The summed E-state index contributed by atoms with van der Waals surface area (Å²) in [6, 6.07) is 4.21. The number of anilines is 1. The van der Waals surface area contributed by atoms with E-state index in [1.54, 1.807) is 0 Å². The van der Waals surface area contributed by atoms with Crippen LogP contribution in [0.2, 0.25) is 10.0 Å². The number of hydrogen-bond acceptors (Lipinski definition) is 3. The first-order chi connectivity index (χ1) is 10.4. The van der Waals surface area contributed by atoms with Gasteiger partial charge in [0.1, 0.15) is 5.82 Å². The lowest BCUT2D eigenvalue weighted by Gasteiger charge is -2.15. The number of hydrogen-bond donors (Lipinski definition) is 1. The van der Waals surface area contributed by atoms with Crippen LogP contribution in [-0.2, 0) is 4.79 Å². The van der Waals surface area contributed by atoms with Gasteiger partial charge in [0.05, 0.1) is 10.0 Å². The van der Waals surface area contributed by atoms with E-state index in [0.717, 1.165) is 12.1 Å². The van der Waals surface area contributed by atoms with Crippen LogP contribution in [0.5, 0.6) is 5.75 Å². The molecular formula is C14H10Cl2F2N2O2. The van der Waals surface area contributed by atoms with Crippen LogP contribution in [0.25, 0.3) is 0 Å². The van der Waals surface area contributed by atoms with Gasteiger partial charge < -0.3 is 10.1 Å². The zero-order chi connectivity index (χ0) is 16.3. The quantitative estimate of drug-likeness (QED) is 0.907. The number of rotatable bonds is 4. The van der Waals surface area contributed by atoms with Crippen molar-refractivity contribution in [1.29, 1.82) is 0 Å². The van der Waals surface area contributed by atoms with Crippen molar-refractivity contribution in [3.63, 3.8) is 0 Å². The van der Waals surface area contributed by atoms with E-state index in [-0.39, 0.29) is 16.6 Å². The average Bonchev–Trinajstić information content (AvgIpc) is 2.44. The molecule has 2 aromatic rings. The van der Waals surface area contributed by atoms with Gasteiger partial charge in [0.2, 0.25) is 0 Å². The first-order valence-corrected chi connectivity index (χ1v) is 6.86. The van der Waals surface area contributed by atoms with Gasteiger partial charge in [-0.15, -0.1) is 0 Å². The van der Waals surface area contributed by atoms with E-state index in [0.29, 0.717) is 11.1 Å². The zero-order valence-corrected chi connectivity index (χ0v) is 12.8. The van der Waals surface area contributed by atoms with Crippen molar-refractivity contribution in [2.75, 3.05) is 5.32 Å². The second kappa shape index (κ2) is 6.89. The highest BCUT2D eigenvalue weighted by molar-refractivity contribution is 6.36. The monoisotopic (exact) mass is 346 g/mol. The predicted octanol–water partition coefficient (Wildman–Crippen LogP) is 4.07. The van der Waals surface area contributed by atoms with Crippen molar-refractivity contribution in [2.24, 2.45) is 0 Å².